The van der Waals surface area contributed by atoms with Crippen LogP contribution in [-0.4, -0.2) is 23.7 Å². The van der Waals surface area contributed by atoms with Crippen LogP contribution in [0.5, 0.6) is 0 Å². The first-order valence-electron chi connectivity index (χ1n) is 6.66. The number of pyridine rings is 1. The lowest BCUT2D eigenvalue weighted by Gasteiger charge is -2.25. The molecular weight excluding hydrogens is 288 g/mol. The van der Waals surface area contributed by atoms with E-state index in [9.17, 15) is 13.2 Å². The summed E-state index contributed by atoms with van der Waals surface area (Å²) in [5, 5.41) is 0. The quantitative estimate of drug-likeness (QED) is 0.918. The topological polar surface area (TPSA) is 70.2 Å². The normalized spacial score (nSPS) is 12.0. The number of nitrogens with zero attached hydrogens (tertiary/aromatic N) is 1. The molecule has 0 fully saturated rings. The smallest absolute Gasteiger partial charge is 0.247 e. The maximum Gasteiger partial charge on any atom is 0.247 e. The van der Waals surface area contributed by atoms with Crippen molar-refractivity contribution in [3.05, 3.63) is 64.6 Å². The summed E-state index contributed by atoms with van der Waals surface area (Å²) in [4.78, 5) is 13.6. The molecule has 0 atom stereocenters. The van der Waals surface area contributed by atoms with Gasteiger partial charge in [0, 0.05) is 24.8 Å². The van der Waals surface area contributed by atoms with Gasteiger partial charge in [-0.2, -0.15) is 4.31 Å². The van der Waals surface area contributed by atoms with Gasteiger partial charge in [-0.15, -0.1) is 0 Å². The van der Waals surface area contributed by atoms with Crippen LogP contribution in [-0.2, 0) is 16.6 Å². The van der Waals surface area contributed by atoms with Crippen molar-refractivity contribution < 1.29 is 8.42 Å². The van der Waals surface area contributed by atoms with Crippen molar-refractivity contribution in [1.82, 2.24) is 9.29 Å². The third-order valence-corrected chi connectivity index (χ3v) is 5.14. The van der Waals surface area contributed by atoms with E-state index in [0.717, 1.165) is 5.56 Å². The monoisotopic (exact) mass is 306 g/mol. The van der Waals surface area contributed by atoms with Crippen LogP contribution in [0.3, 0.4) is 0 Å². The molecule has 0 spiro atoms. The molecular formula is C15H18N2O3S. The van der Waals surface area contributed by atoms with E-state index < -0.39 is 10.0 Å². The third-order valence-electron chi connectivity index (χ3n) is 3.12. The number of H-pyrrole nitrogens is 1. The van der Waals surface area contributed by atoms with Crippen molar-refractivity contribution in [3.63, 3.8) is 0 Å². The zero-order valence-corrected chi connectivity index (χ0v) is 12.8. The van der Waals surface area contributed by atoms with Gasteiger partial charge in [0.2, 0.25) is 15.6 Å². The van der Waals surface area contributed by atoms with Crippen molar-refractivity contribution in [2.45, 2.75) is 31.3 Å². The van der Waals surface area contributed by atoms with Crippen LogP contribution in [0.25, 0.3) is 0 Å². The van der Waals surface area contributed by atoms with E-state index in [-0.39, 0.29) is 16.5 Å². The molecule has 1 aromatic heterocycles. The zero-order valence-electron chi connectivity index (χ0n) is 12.0. The first kappa shape index (κ1) is 15.5. The van der Waals surface area contributed by atoms with Gasteiger partial charge in [0.15, 0.2) is 0 Å². The van der Waals surface area contributed by atoms with E-state index in [1.54, 1.807) is 0 Å². The summed E-state index contributed by atoms with van der Waals surface area (Å²) in [6, 6.07) is 11.8. The summed E-state index contributed by atoms with van der Waals surface area (Å²) in [6.45, 7) is 3.94. The molecule has 1 N–H and O–H groups in total. The second kappa shape index (κ2) is 6.24. The van der Waals surface area contributed by atoms with E-state index in [1.165, 1.54) is 22.6 Å². The van der Waals surface area contributed by atoms with Gasteiger partial charge in [-0.05, 0) is 25.5 Å². The predicted octanol–water partition coefficient (Wildman–Crippen LogP) is 1.97. The van der Waals surface area contributed by atoms with E-state index in [2.05, 4.69) is 4.98 Å². The second-order valence-corrected chi connectivity index (χ2v) is 6.91. The number of sulfonamides is 1. The molecule has 21 heavy (non-hydrogen) atoms. The number of rotatable bonds is 5. The largest absolute Gasteiger partial charge is 0.328 e. The van der Waals surface area contributed by atoms with Gasteiger partial charge in [-0.25, -0.2) is 8.42 Å². The molecule has 0 bridgehead atoms. The summed E-state index contributed by atoms with van der Waals surface area (Å²) in [5.41, 5.74) is 0.590. The minimum Gasteiger partial charge on any atom is -0.328 e. The average Bonchev–Trinajstić information content (AvgIpc) is 2.46. The minimum absolute atomic E-state index is 0.0896. The maximum atomic E-state index is 12.7. The van der Waals surface area contributed by atoms with Gasteiger partial charge >= 0.3 is 0 Å². The molecule has 2 rings (SSSR count). The third kappa shape index (κ3) is 3.59. The second-order valence-electron chi connectivity index (χ2n) is 5.02. The highest BCUT2D eigenvalue weighted by atomic mass is 32.2. The van der Waals surface area contributed by atoms with Crippen LogP contribution in [0.15, 0.2) is 58.4 Å². The first-order chi connectivity index (χ1) is 9.91. The minimum atomic E-state index is -3.65. The molecule has 5 nitrogen and oxygen atoms in total. The Hall–Kier alpha value is -1.92. The summed E-state index contributed by atoms with van der Waals surface area (Å²) >= 11 is 0. The predicted molar refractivity (Wildman–Crippen MR) is 81.4 cm³/mol. The van der Waals surface area contributed by atoms with Crippen LogP contribution >= 0.6 is 0 Å². The van der Waals surface area contributed by atoms with Crippen LogP contribution in [0, 0.1) is 0 Å². The fraction of sp³-hybridized carbons (Fsp3) is 0.267. The van der Waals surface area contributed by atoms with Crippen molar-refractivity contribution >= 4 is 10.0 Å². The molecule has 0 radical (unpaired) electrons. The van der Waals surface area contributed by atoms with E-state index in [1.807, 2.05) is 44.2 Å². The Morgan fingerprint density at radius 2 is 1.76 bits per heavy atom. The van der Waals surface area contributed by atoms with E-state index in [0.29, 0.717) is 6.54 Å². The summed E-state index contributed by atoms with van der Waals surface area (Å²) in [6.07, 6.45) is 1.23. The van der Waals surface area contributed by atoms with Gasteiger partial charge in [0.1, 0.15) is 0 Å². The highest BCUT2D eigenvalue weighted by Gasteiger charge is 2.27. The Balaban J connectivity index is 2.37. The van der Waals surface area contributed by atoms with Crippen molar-refractivity contribution in [3.8, 4) is 0 Å². The first-order valence-corrected chi connectivity index (χ1v) is 8.10. The lowest BCUT2D eigenvalue weighted by atomic mass is 10.2. The lowest BCUT2D eigenvalue weighted by molar-refractivity contribution is 0.348. The van der Waals surface area contributed by atoms with Crippen molar-refractivity contribution in [2.24, 2.45) is 0 Å². The standard InChI is InChI=1S/C15H18N2O3S/c1-12(2)17(11-13-6-4-3-5-7-13)21(19,20)14-8-9-15(18)16-10-14/h3-10,12H,11H2,1-2H3,(H,16,18). The Kier molecular flexibility index (Phi) is 4.59. The van der Waals surface area contributed by atoms with Gasteiger partial charge < -0.3 is 4.98 Å². The molecule has 0 saturated carbocycles. The molecule has 0 aliphatic carbocycles. The Labute approximate surface area is 124 Å². The molecule has 112 valence electrons. The van der Waals surface area contributed by atoms with Crippen LogP contribution in [0.2, 0.25) is 0 Å². The average molecular weight is 306 g/mol. The number of benzene rings is 1. The SMILES string of the molecule is CC(C)N(Cc1ccccc1)S(=O)(=O)c1ccc(=O)[nH]c1. The number of aromatic amines is 1. The van der Waals surface area contributed by atoms with Crippen LogP contribution in [0.4, 0.5) is 0 Å². The maximum absolute atomic E-state index is 12.7. The number of aromatic nitrogens is 1. The number of hydrogen-bond donors (Lipinski definition) is 1. The summed E-state index contributed by atoms with van der Waals surface area (Å²) in [5.74, 6) is 0. The number of hydrogen-bond acceptors (Lipinski definition) is 3. The fourth-order valence-electron chi connectivity index (χ4n) is 2.00. The summed E-state index contributed by atoms with van der Waals surface area (Å²) < 4.78 is 26.8. The Morgan fingerprint density at radius 1 is 1.10 bits per heavy atom. The molecule has 0 saturated heterocycles. The molecule has 1 aromatic carbocycles. The molecule has 0 unspecified atom stereocenters. The molecule has 0 amide bonds. The van der Waals surface area contributed by atoms with Gasteiger partial charge in [0.05, 0.1) is 4.90 Å². The fourth-order valence-corrected chi connectivity index (χ4v) is 3.59. The Bertz CT molecular complexity index is 731. The van der Waals surface area contributed by atoms with Crippen LogP contribution < -0.4 is 5.56 Å². The Morgan fingerprint density at radius 3 is 2.29 bits per heavy atom. The van der Waals surface area contributed by atoms with E-state index in [4.69, 9.17) is 0 Å². The van der Waals surface area contributed by atoms with Gasteiger partial charge in [0.25, 0.3) is 0 Å². The highest BCUT2D eigenvalue weighted by molar-refractivity contribution is 7.89. The van der Waals surface area contributed by atoms with E-state index >= 15 is 0 Å². The van der Waals surface area contributed by atoms with Crippen LogP contribution in [0.1, 0.15) is 19.4 Å². The van der Waals surface area contributed by atoms with Crippen molar-refractivity contribution in [1.29, 1.82) is 0 Å². The molecule has 0 aliphatic rings. The van der Waals surface area contributed by atoms with Crippen molar-refractivity contribution in [2.75, 3.05) is 0 Å². The number of nitrogens with one attached hydrogen (secondary N) is 1. The molecule has 6 heteroatoms. The van der Waals surface area contributed by atoms with Gasteiger partial charge in [-0.1, -0.05) is 30.3 Å². The van der Waals surface area contributed by atoms with Gasteiger partial charge in [-0.3, -0.25) is 4.79 Å². The lowest BCUT2D eigenvalue weighted by Crippen LogP contribution is -2.36. The molecule has 0 aliphatic heterocycles. The molecule has 2 aromatic rings. The molecule has 1 heterocycles. The highest BCUT2D eigenvalue weighted by Crippen LogP contribution is 2.19. The zero-order chi connectivity index (χ0) is 15.5. The summed E-state index contributed by atoms with van der Waals surface area (Å²) in [7, 11) is -3.65.